The van der Waals surface area contributed by atoms with Crippen LogP contribution in [-0.2, 0) is 10.1 Å². The highest BCUT2D eigenvalue weighted by Crippen LogP contribution is 2.31. The van der Waals surface area contributed by atoms with E-state index in [9.17, 15) is 18.5 Å². The lowest BCUT2D eigenvalue weighted by atomic mass is 10.2. The zero-order valence-electron chi connectivity index (χ0n) is 11.7. The lowest BCUT2D eigenvalue weighted by molar-refractivity contribution is -0.385. The SMILES string of the molecule is Cc1ccc(OS(=O)(=O)c2ccc(C#N)c(Cl)c2)c([N+](=O)[O-])c1. The van der Waals surface area contributed by atoms with Crippen molar-refractivity contribution in [2.45, 2.75) is 11.8 Å². The molecule has 0 aromatic heterocycles. The Morgan fingerprint density at radius 1 is 1.26 bits per heavy atom. The second-order valence-corrected chi connectivity index (χ2v) is 6.47. The molecule has 2 aromatic carbocycles. The van der Waals surface area contributed by atoms with E-state index >= 15 is 0 Å². The highest BCUT2D eigenvalue weighted by molar-refractivity contribution is 7.87. The normalized spacial score (nSPS) is 10.8. The van der Waals surface area contributed by atoms with Crippen molar-refractivity contribution in [2.75, 3.05) is 0 Å². The molecular weight excluding hydrogens is 344 g/mol. The Hall–Kier alpha value is -2.63. The quantitative estimate of drug-likeness (QED) is 0.474. The summed E-state index contributed by atoms with van der Waals surface area (Å²) < 4.78 is 29.3. The number of nitrogens with zero attached hydrogens (tertiary/aromatic N) is 2. The van der Waals surface area contributed by atoms with Crippen LogP contribution < -0.4 is 4.18 Å². The van der Waals surface area contributed by atoms with E-state index in [2.05, 4.69) is 0 Å². The van der Waals surface area contributed by atoms with E-state index in [-0.39, 0.29) is 15.5 Å². The van der Waals surface area contributed by atoms with E-state index in [0.29, 0.717) is 5.56 Å². The van der Waals surface area contributed by atoms with E-state index in [1.54, 1.807) is 13.0 Å². The molecule has 0 spiro atoms. The summed E-state index contributed by atoms with van der Waals surface area (Å²) in [5.41, 5.74) is 0.225. The van der Waals surface area contributed by atoms with Gasteiger partial charge in [-0.2, -0.15) is 13.7 Å². The number of nitro benzene ring substituents is 1. The summed E-state index contributed by atoms with van der Waals surface area (Å²) in [7, 11) is -4.33. The Morgan fingerprint density at radius 2 is 1.96 bits per heavy atom. The average molecular weight is 353 g/mol. The molecule has 0 amide bonds. The van der Waals surface area contributed by atoms with Crippen molar-refractivity contribution in [1.29, 1.82) is 5.26 Å². The fraction of sp³-hybridized carbons (Fsp3) is 0.0714. The Kier molecular flexibility index (Phi) is 4.54. The molecule has 0 bridgehead atoms. The van der Waals surface area contributed by atoms with Gasteiger partial charge in [0.1, 0.15) is 11.0 Å². The predicted molar refractivity (Wildman–Crippen MR) is 81.8 cm³/mol. The van der Waals surface area contributed by atoms with Gasteiger partial charge >= 0.3 is 15.8 Å². The van der Waals surface area contributed by atoms with Crippen LogP contribution in [0, 0.1) is 28.4 Å². The highest BCUT2D eigenvalue weighted by atomic mass is 35.5. The number of nitriles is 1. The number of benzene rings is 2. The third-order valence-corrected chi connectivity index (χ3v) is 4.40. The van der Waals surface area contributed by atoms with Crippen LogP contribution in [0.25, 0.3) is 0 Å². The van der Waals surface area contributed by atoms with Crippen LogP contribution in [0.15, 0.2) is 41.3 Å². The number of hydrogen-bond acceptors (Lipinski definition) is 6. The molecule has 2 aromatic rings. The Morgan fingerprint density at radius 3 is 2.52 bits per heavy atom. The van der Waals surface area contributed by atoms with E-state index in [0.717, 1.165) is 12.1 Å². The smallest absolute Gasteiger partial charge is 0.339 e. The number of nitro groups is 1. The van der Waals surface area contributed by atoms with Crippen molar-refractivity contribution in [1.82, 2.24) is 0 Å². The molecule has 0 unspecified atom stereocenters. The first-order valence-electron chi connectivity index (χ1n) is 6.14. The topological polar surface area (TPSA) is 110 Å². The van der Waals surface area contributed by atoms with E-state index in [1.165, 1.54) is 24.3 Å². The maximum atomic E-state index is 12.2. The van der Waals surface area contributed by atoms with Gasteiger partial charge in [-0.3, -0.25) is 10.1 Å². The van der Waals surface area contributed by atoms with Gasteiger partial charge in [-0.05, 0) is 36.8 Å². The average Bonchev–Trinajstić information content (AvgIpc) is 2.48. The van der Waals surface area contributed by atoms with Crippen LogP contribution in [0.3, 0.4) is 0 Å². The predicted octanol–water partition coefficient (Wildman–Crippen LogP) is 3.20. The van der Waals surface area contributed by atoms with Gasteiger partial charge < -0.3 is 4.18 Å². The zero-order chi connectivity index (χ0) is 17.2. The molecule has 0 saturated carbocycles. The lowest BCUT2D eigenvalue weighted by Crippen LogP contribution is -2.11. The van der Waals surface area contributed by atoms with Crippen LogP contribution in [0.1, 0.15) is 11.1 Å². The van der Waals surface area contributed by atoms with Gasteiger partial charge in [0.15, 0.2) is 0 Å². The number of halogens is 1. The van der Waals surface area contributed by atoms with Crippen LogP contribution in [0.5, 0.6) is 5.75 Å². The fourth-order valence-electron chi connectivity index (χ4n) is 1.75. The molecule has 2 rings (SSSR count). The van der Waals surface area contributed by atoms with Gasteiger partial charge in [0.25, 0.3) is 0 Å². The summed E-state index contributed by atoms with van der Waals surface area (Å²) in [6.07, 6.45) is 0. The molecule has 0 N–H and O–H groups in total. The Bertz CT molecular complexity index is 935. The first-order valence-corrected chi connectivity index (χ1v) is 7.92. The van der Waals surface area contributed by atoms with E-state index in [4.69, 9.17) is 21.0 Å². The summed E-state index contributed by atoms with van der Waals surface area (Å²) in [5.74, 6) is -0.402. The third-order valence-electron chi connectivity index (χ3n) is 2.86. The molecule has 0 saturated heterocycles. The molecule has 7 nitrogen and oxygen atoms in total. The van der Waals surface area contributed by atoms with Gasteiger partial charge in [0, 0.05) is 6.07 Å². The molecule has 0 fully saturated rings. The monoisotopic (exact) mass is 352 g/mol. The van der Waals surface area contributed by atoms with Gasteiger partial charge in [-0.25, -0.2) is 0 Å². The molecular formula is C14H9ClN2O5S. The number of aryl methyl sites for hydroxylation is 1. The van der Waals surface area contributed by atoms with Gasteiger partial charge in [0.05, 0.1) is 15.5 Å². The van der Waals surface area contributed by atoms with Crippen molar-refractivity contribution in [3.8, 4) is 11.8 Å². The molecule has 9 heteroatoms. The molecule has 118 valence electrons. The standard InChI is InChI=1S/C14H9ClN2O5S/c1-9-2-5-14(13(6-9)17(18)19)22-23(20,21)11-4-3-10(8-16)12(15)7-11/h2-7H,1H3. The minimum absolute atomic E-state index is 0.0596. The molecule has 0 radical (unpaired) electrons. The van der Waals surface area contributed by atoms with Crippen LogP contribution in [-0.4, -0.2) is 13.3 Å². The Labute approximate surface area is 137 Å². The second-order valence-electron chi connectivity index (χ2n) is 4.52. The summed E-state index contributed by atoms with van der Waals surface area (Å²) >= 11 is 5.79. The molecule has 0 heterocycles. The number of rotatable bonds is 4. The van der Waals surface area contributed by atoms with Crippen LogP contribution in [0.2, 0.25) is 5.02 Å². The van der Waals surface area contributed by atoms with Crippen LogP contribution in [0.4, 0.5) is 5.69 Å². The zero-order valence-corrected chi connectivity index (χ0v) is 13.3. The minimum atomic E-state index is -4.33. The van der Waals surface area contributed by atoms with Crippen molar-refractivity contribution in [3.05, 3.63) is 62.7 Å². The van der Waals surface area contributed by atoms with Crippen molar-refractivity contribution < 1.29 is 17.5 Å². The van der Waals surface area contributed by atoms with E-state index in [1.807, 2.05) is 0 Å². The summed E-state index contributed by atoms with van der Waals surface area (Å²) in [4.78, 5) is 9.97. The fourth-order valence-corrected chi connectivity index (χ4v) is 3.01. The minimum Gasteiger partial charge on any atom is -0.372 e. The Balaban J connectivity index is 2.45. The van der Waals surface area contributed by atoms with Gasteiger partial charge in [0.2, 0.25) is 5.75 Å². The molecule has 0 aliphatic carbocycles. The largest absolute Gasteiger partial charge is 0.372 e. The number of hydrogen-bond donors (Lipinski definition) is 0. The molecule has 0 atom stereocenters. The van der Waals surface area contributed by atoms with Gasteiger partial charge in [-0.15, -0.1) is 0 Å². The van der Waals surface area contributed by atoms with Crippen molar-refractivity contribution in [3.63, 3.8) is 0 Å². The second kappa shape index (κ2) is 6.24. The van der Waals surface area contributed by atoms with Crippen LogP contribution >= 0.6 is 11.6 Å². The first kappa shape index (κ1) is 16.7. The van der Waals surface area contributed by atoms with E-state index < -0.39 is 26.5 Å². The molecule has 0 aliphatic rings. The lowest BCUT2D eigenvalue weighted by Gasteiger charge is -2.08. The summed E-state index contributed by atoms with van der Waals surface area (Å²) in [6, 6.07) is 9.11. The first-order chi connectivity index (χ1) is 10.7. The maximum Gasteiger partial charge on any atom is 0.339 e. The molecule has 23 heavy (non-hydrogen) atoms. The highest BCUT2D eigenvalue weighted by Gasteiger charge is 2.24. The maximum absolute atomic E-state index is 12.2. The van der Waals surface area contributed by atoms with Gasteiger partial charge in [-0.1, -0.05) is 17.7 Å². The molecule has 0 aliphatic heterocycles. The van der Waals surface area contributed by atoms with Crippen molar-refractivity contribution >= 4 is 27.4 Å². The third kappa shape index (κ3) is 3.59. The van der Waals surface area contributed by atoms with Crippen molar-refractivity contribution in [2.24, 2.45) is 0 Å². The summed E-state index contributed by atoms with van der Waals surface area (Å²) in [6.45, 7) is 1.63. The summed E-state index contributed by atoms with van der Waals surface area (Å²) in [5, 5.41) is 19.7.